The molecule has 2 atom stereocenters. The van der Waals surface area contributed by atoms with Crippen LogP contribution in [0.25, 0.3) is 0 Å². The zero-order valence-electron chi connectivity index (χ0n) is 14.5. The molecule has 0 aliphatic carbocycles. The fourth-order valence-electron chi connectivity index (χ4n) is 1.89. The molecular formula is C17H25N3O4. The van der Waals surface area contributed by atoms with Gasteiger partial charge in [0.25, 0.3) is 0 Å². The topological polar surface area (TPSA) is 111 Å². The molecule has 0 saturated heterocycles. The van der Waals surface area contributed by atoms with Crippen molar-refractivity contribution in [1.29, 1.82) is 0 Å². The molecule has 0 saturated carbocycles. The second-order valence-electron chi connectivity index (χ2n) is 6.52. The van der Waals surface area contributed by atoms with E-state index in [1.165, 1.54) is 6.92 Å². The Labute approximate surface area is 141 Å². The Morgan fingerprint density at radius 1 is 1.12 bits per heavy atom. The summed E-state index contributed by atoms with van der Waals surface area (Å²) in [4.78, 5) is 35.5. The molecular weight excluding hydrogens is 310 g/mol. The van der Waals surface area contributed by atoms with Gasteiger partial charge < -0.3 is 21.1 Å². The van der Waals surface area contributed by atoms with Gasteiger partial charge in [0.2, 0.25) is 11.8 Å². The minimum Gasteiger partial charge on any atom is -0.444 e. The highest BCUT2D eigenvalue weighted by Gasteiger charge is 2.26. The van der Waals surface area contributed by atoms with Gasteiger partial charge in [0.05, 0.1) is 0 Å². The van der Waals surface area contributed by atoms with Gasteiger partial charge in [-0.15, -0.1) is 0 Å². The van der Waals surface area contributed by atoms with E-state index in [2.05, 4.69) is 10.6 Å². The first kappa shape index (κ1) is 19.5. The van der Waals surface area contributed by atoms with Crippen LogP contribution in [0.1, 0.15) is 33.3 Å². The molecule has 7 nitrogen and oxygen atoms in total. The molecule has 0 aliphatic rings. The molecule has 0 unspecified atom stereocenters. The van der Waals surface area contributed by atoms with Crippen LogP contribution in [0.5, 0.6) is 0 Å². The van der Waals surface area contributed by atoms with E-state index in [4.69, 9.17) is 10.5 Å². The van der Waals surface area contributed by atoms with Crippen molar-refractivity contribution >= 4 is 17.9 Å². The molecule has 4 N–H and O–H groups in total. The van der Waals surface area contributed by atoms with Crippen LogP contribution in [0.3, 0.4) is 0 Å². The van der Waals surface area contributed by atoms with Gasteiger partial charge in [0, 0.05) is 6.42 Å². The van der Waals surface area contributed by atoms with Crippen molar-refractivity contribution in [2.45, 2.75) is 51.8 Å². The lowest BCUT2D eigenvalue weighted by Crippen LogP contribution is -2.53. The Balaban J connectivity index is 2.84. The van der Waals surface area contributed by atoms with E-state index in [-0.39, 0.29) is 6.42 Å². The predicted octanol–water partition coefficient (Wildman–Crippen LogP) is 1.11. The number of amides is 3. The van der Waals surface area contributed by atoms with Gasteiger partial charge in [-0.2, -0.15) is 0 Å². The van der Waals surface area contributed by atoms with Crippen LogP contribution in [0.2, 0.25) is 0 Å². The molecule has 0 fully saturated rings. The highest BCUT2D eigenvalue weighted by atomic mass is 16.6. The third kappa shape index (κ3) is 7.13. The van der Waals surface area contributed by atoms with Crippen molar-refractivity contribution in [3.63, 3.8) is 0 Å². The second-order valence-corrected chi connectivity index (χ2v) is 6.52. The number of carbonyl (C=O) groups excluding carboxylic acids is 3. The van der Waals surface area contributed by atoms with Crippen LogP contribution in [-0.2, 0) is 20.7 Å². The summed E-state index contributed by atoms with van der Waals surface area (Å²) in [6.45, 7) is 6.67. The minimum absolute atomic E-state index is 0.261. The quantitative estimate of drug-likeness (QED) is 0.723. The Hall–Kier alpha value is -2.57. The van der Waals surface area contributed by atoms with E-state index in [0.29, 0.717) is 0 Å². The van der Waals surface area contributed by atoms with Crippen molar-refractivity contribution < 1.29 is 19.1 Å². The van der Waals surface area contributed by atoms with Gasteiger partial charge in [-0.05, 0) is 33.3 Å². The SMILES string of the molecule is C[C@H](NC(=O)[C@H](Cc1ccccc1)NC(=O)OC(C)(C)C)C(N)=O. The zero-order valence-corrected chi connectivity index (χ0v) is 14.5. The number of carbonyl (C=O) groups is 3. The van der Waals surface area contributed by atoms with E-state index in [1.807, 2.05) is 30.3 Å². The molecule has 24 heavy (non-hydrogen) atoms. The summed E-state index contributed by atoms with van der Waals surface area (Å²) >= 11 is 0. The summed E-state index contributed by atoms with van der Waals surface area (Å²) < 4.78 is 5.19. The monoisotopic (exact) mass is 335 g/mol. The number of benzene rings is 1. The Morgan fingerprint density at radius 2 is 1.71 bits per heavy atom. The molecule has 0 spiro atoms. The van der Waals surface area contributed by atoms with Crippen LogP contribution in [0, 0.1) is 0 Å². The minimum atomic E-state index is -0.885. The van der Waals surface area contributed by atoms with Crippen molar-refractivity contribution in [2.75, 3.05) is 0 Å². The van der Waals surface area contributed by atoms with Crippen molar-refractivity contribution in [3.8, 4) is 0 Å². The average molecular weight is 335 g/mol. The summed E-state index contributed by atoms with van der Waals surface area (Å²) in [5.74, 6) is -1.16. The number of hydrogen-bond donors (Lipinski definition) is 3. The van der Waals surface area contributed by atoms with Crippen molar-refractivity contribution in [3.05, 3.63) is 35.9 Å². The molecule has 1 aromatic carbocycles. The lowest BCUT2D eigenvalue weighted by molar-refractivity contribution is -0.128. The molecule has 3 amide bonds. The summed E-state index contributed by atoms with van der Waals surface area (Å²) in [5, 5.41) is 5.02. The van der Waals surface area contributed by atoms with Gasteiger partial charge in [0.1, 0.15) is 17.7 Å². The van der Waals surface area contributed by atoms with Crippen LogP contribution in [-0.4, -0.2) is 35.6 Å². The predicted molar refractivity (Wildman–Crippen MR) is 90.1 cm³/mol. The Kier molecular flexibility index (Phi) is 6.76. The maximum atomic E-state index is 12.4. The lowest BCUT2D eigenvalue weighted by Gasteiger charge is -2.24. The maximum Gasteiger partial charge on any atom is 0.408 e. The number of ether oxygens (including phenoxy) is 1. The van der Waals surface area contributed by atoms with Crippen LogP contribution in [0.4, 0.5) is 4.79 Å². The summed E-state index contributed by atoms with van der Waals surface area (Å²) in [6.07, 6.45) is -0.442. The van der Waals surface area contributed by atoms with E-state index >= 15 is 0 Å². The molecule has 0 aromatic heterocycles. The fourth-order valence-corrected chi connectivity index (χ4v) is 1.89. The zero-order chi connectivity index (χ0) is 18.3. The third-order valence-electron chi connectivity index (χ3n) is 3.08. The normalized spacial score (nSPS) is 13.5. The van der Waals surface area contributed by atoms with Gasteiger partial charge in [-0.3, -0.25) is 9.59 Å². The first-order valence-corrected chi connectivity index (χ1v) is 7.71. The number of nitrogens with two attached hydrogens (primary N) is 1. The smallest absolute Gasteiger partial charge is 0.408 e. The van der Waals surface area contributed by atoms with Gasteiger partial charge in [-0.25, -0.2) is 4.79 Å². The molecule has 1 aromatic rings. The average Bonchev–Trinajstić information content (AvgIpc) is 2.45. The van der Waals surface area contributed by atoms with Crippen LogP contribution < -0.4 is 16.4 Å². The Bertz CT molecular complexity index is 581. The summed E-state index contributed by atoms with van der Waals surface area (Å²) in [7, 11) is 0. The molecule has 0 bridgehead atoms. The number of nitrogens with one attached hydrogen (secondary N) is 2. The molecule has 7 heteroatoms. The van der Waals surface area contributed by atoms with E-state index in [9.17, 15) is 14.4 Å². The molecule has 1 rings (SSSR count). The fraction of sp³-hybridized carbons (Fsp3) is 0.471. The first-order valence-electron chi connectivity index (χ1n) is 7.71. The molecule has 132 valence electrons. The summed E-state index contributed by atoms with van der Waals surface area (Å²) in [6, 6.07) is 7.49. The number of primary amides is 1. The van der Waals surface area contributed by atoms with E-state index < -0.39 is 35.6 Å². The van der Waals surface area contributed by atoms with Gasteiger partial charge in [-0.1, -0.05) is 30.3 Å². The Morgan fingerprint density at radius 3 is 2.21 bits per heavy atom. The van der Waals surface area contributed by atoms with Gasteiger partial charge >= 0.3 is 6.09 Å². The van der Waals surface area contributed by atoms with Crippen molar-refractivity contribution in [2.24, 2.45) is 5.73 Å². The summed E-state index contributed by atoms with van der Waals surface area (Å²) in [5.41, 5.74) is 5.34. The standard InChI is InChI=1S/C17H25N3O4/c1-11(14(18)21)19-15(22)13(10-12-8-6-5-7-9-12)20-16(23)24-17(2,3)4/h5-9,11,13H,10H2,1-4H3,(H2,18,21)(H,19,22)(H,20,23)/t11-,13-/m0/s1. The van der Waals surface area contributed by atoms with E-state index in [0.717, 1.165) is 5.56 Å². The highest BCUT2D eigenvalue weighted by Crippen LogP contribution is 2.09. The molecule has 0 heterocycles. The van der Waals surface area contributed by atoms with Gasteiger partial charge in [0.15, 0.2) is 0 Å². The van der Waals surface area contributed by atoms with Crippen LogP contribution in [0.15, 0.2) is 30.3 Å². The van der Waals surface area contributed by atoms with Crippen molar-refractivity contribution in [1.82, 2.24) is 10.6 Å². The lowest BCUT2D eigenvalue weighted by atomic mass is 10.1. The number of rotatable bonds is 6. The van der Waals surface area contributed by atoms with Crippen LogP contribution >= 0.6 is 0 Å². The highest BCUT2D eigenvalue weighted by molar-refractivity contribution is 5.90. The second kappa shape index (κ2) is 8.33. The van der Waals surface area contributed by atoms with E-state index in [1.54, 1.807) is 20.8 Å². The largest absolute Gasteiger partial charge is 0.444 e. The number of alkyl carbamates (subject to hydrolysis) is 1. The molecule has 0 aliphatic heterocycles. The maximum absolute atomic E-state index is 12.4. The third-order valence-corrected chi connectivity index (χ3v) is 3.08. The first-order chi connectivity index (χ1) is 11.1. The molecule has 0 radical (unpaired) electrons. The number of hydrogen-bond acceptors (Lipinski definition) is 4.